The van der Waals surface area contributed by atoms with Crippen LogP contribution in [-0.2, 0) is 9.53 Å². The molecule has 8 nitrogen and oxygen atoms in total. The van der Waals surface area contributed by atoms with Gasteiger partial charge in [-0.2, -0.15) is 0 Å². The molecule has 1 heterocycles. The third-order valence-electron chi connectivity index (χ3n) is 4.29. The lowest BCUT2D eigenvalue weighted by atomic mass is 9.95. The van der Waals surface area contributed by atoms with E-state index in [0.717, 1.165) is 0 Å². The molecule has 148 valence electrons. The van der Waals surface area contributed by atoms with Gasteiger partial charge in [-0.25, -0.2) is 9.59 Å². The number of amides is 2. The molecule has 27 heavy (non-hydrogen) atoms. The van der Waals surface area contributed by atoms with Crippen molar-refractivity contribution in [3.05, 3.63) is 28.2 Å². The zero-order valence-electron chi connectivity index (χ0n) is 15.8. The first-order chi connectivity index (χ1) is 12.3. The molecule has 1 aliphatic rings. The summed E-state index contributed by atoms with van der Waals surface area (Å²) in [7, 11) is 0. The van der Waals surface area contributed by atoms with Crippen LogP contribution < -0.4 is 5.73 Å². The number of anilines is 1. The standard InChI is InChI=1S/C18H24BrN3O5/c1-17(2,3)27-16(26)21-7-8-22(18(4,10-21)15(24)25)14(23)12-9-11(19)5-6-13(12)20/h5-6,9H,7-8,10,20H2,1-4H3,(H,24,25). The number of nitrogens with two attached hydrogens (primary N) is 1. The number of hydrogen-bond acceptors (Lipinski definition) is 5. The van der Waals surface area contributed by atoms with E-state index in [2.05, 4.69) is 15.9 Å². The molecule has 3 N–H and O–H groups in total. The Hall–Kier alpha value is -2.29. The van der Waals surface area contributed by atoms with E-state index in [9.17, 15) is 19.5 Å². The molecule has 2 rings (SSSR count). The van der Waals surface area contributed by atoms with Gasteiger partial charge in [0.1, 0.15) is 5.60 Å². The molecule has 2 amide bonds. The highest BCUT2D eigenvalue weighted by Gasteiger charge is 2.48. The summed E-state index contributed by atoms with van der Waals surface area (Å²) in [5, 5.41) is 9.81. The fraction of sp³-hybridized carbons (Fsp3) is 0.500. The van der Waals surface area contributed by atoms with E-state index >= 15 is 0 Å². The van der Waals surface area contributed by atoms with Crippen LogP contribution in [0.4, 0.5) is 10.5 Å². The zero-order chi connectivity index (χ0) is 20.6. The Labute approximate surface area is 166 Å². The lowest BCUT2D eigenvalue weighted by Gasteiger charge is -2.46. The van der Waals surface area contributed by atoms with E-state index in [4.69, 9.17) is 10.5 Å². The van der Waals surface area contributed by atoms with Crippen LogP contribution in [0.15, 0.2) is 22.7 Å². The van der Waals surface area contributed by atoms with Gasteiger partial charge in [-0.3, -0.25) is 4.79 Å². The first-order valence-electron chi connectivity index (χ1n) is 8.43. The molecule has 0 saturated carbocycles. The van der Waals surface area contributed by atoms with E-state index in [1.807, 2.05) is 0 Å². The van der Waals surface area contributed by atoms with Crippen molar-refractivity contribution < 1.29 is 24.2 Å². The number of halogens is 1. The van der Waals surface area contributed by atoms with Crippen LogP contribution in [0.5, 0.6) is 0 Å². The zero-order valence-corrected chi connectivity index (χ0v) is 17.4. The lowest BCUT2D eigenvalue weighted by molar-refractivity contribution is -0.152. The highest BCUT2D eigenvalue weighted by atomic mass is 79.9. The van der Waals surface area contributed by atoms with Gasteiger partial charge in [-0.15, -0.1) is 0 Å². The van der Waals surface area contributed by atoms with Gasteiger partial charge in [-0.05, 0) is 45.9 Å². The van der Waals surface area contributed by atoms with E-state index in [-0.39, 0.29) is 30.9 Å². The molecule has 1 saturated heterocycles. The molecule has 1 aromatic rings. The van der Waals surface area contributed by atoms with Gasteiger partial charge < -0.3 is 25.4 Å². The maximum Gasteiger partial charge on any atom is 0.410 e. The number of hydrogen-bond donors (Lipinski definition) is 2. The number of benzene rings is 1. The molecule has 0 aromatic heterocycles. The summed E-state index contributed by atoms with van der Waals surface area (Å²) in [5.41, 5.74) is 4.06. The average molecular weight is 442 g/mol. The predicted molar refractivity (Wildman–Crippen MR) is 103 cm³/mol. The van der Waals surface area contributed by atoms with Crippen LogP contribution in [0.2, 0.25) is 0 Å². The van der Waals surface area contributed by atoms with Gasteiger partial charge in [-0.1, -0.05) is 15.9 Å². The molecule has 0 radical (unpaired) electrons. The summed E-state index contributed by atoms with van der Waals surface area (Å²) in [6.07, 6.45) is -0.607. The monoisotopic (exact) mass is 441 g/mol. The Bertz CT molecular complexity index is 777. The maximum atomic E-state index is 13.0. The smallest absolute Gasteiger partial charge is 0.410 e. The Morgan fingerprint density at radius 2 is 1.89 bits per heavy atom. The normalized spacial score (nSPS) is 20.3. The number of piperazine rings is 1. The number of carbonyl (C=O) groups is 3. The first kappa shape index (κ1) is 21.0. The second kappa shape index (κ2) is 7.38. The van der Waals surface area contributed by atoms with Crippen molar-refractivity contribution in [2.75, 3.05) is 25.4 Å². The van der Waals surface area contributed by atoms with Crippen molar-refractivity contribution in [1.82, 2.24) is 9.80 Å². The van der Waals surface area contributed by atoms with Gasteiger partial charge in [0.05, 0.1) is 12.1 Å². The van der Waals surface area contributed by atoms with E-state index in [0.29, 0.717) is 4.47 Å². The molecule has 0 bridgehead atoms. The fourth-order valence-electron chi connectivity index (χ4n) is 2.85. The van der Waals surface area contributed by atoms with Gasteiger partial charge in [0.25, 0.3) is 5.91 Å². The molecular weight excluding hydrogens is 418 g/mol. The summed E-state index contributed by atoms with van der Waals surface area (Å²) in [6, 6.07) is 4.83. The van der Waals surface area contributed by atoms with Gasteiger partial charge in [0, 0.05) is 23.2 Å². The number of carboxylic acids is 1. The Morgan fingerprint density at radius 3 is 2.44 bits per heavy atom. The first-order valence-corrected chi connectivity index (χ1v) is 9.23. The van der Waals surface area contributed by atoms with Gasteiger partial charge >= 0.3 is 12.1 Å². The van der Waals surface area contributed by atoms with Crippen LogP contribution in [0, 0.1) is 0 Å². The number of rotatable bonds is 2. The van der Waals surface area contributed by atoms with Crippen LogP contribution in [-0.4, -0.2) is 63.7 Å². The SMILES string of the molecule is CC(C)(C)OC(=O)N1CCN(C(=O)c2cc(Br)ccc2N)C(C)(C(=O)O)C1. The third-order valence-corrected chi connectivity index (χ3v) is 4.78. The van der Waals surface area contributed by atoms with E-state index in [1.54, 1.807) is 39.0 Å². The Morgan fingerprint density at radius 1 is 1.26 bits per heavy atom. The van der Waals surface area contributed by atoms with Crippen LogP contribution >= 0.6 is 15.9 Å². The maximum absolute atomic E-state index is 13.0. The molecule has 1 unspecified atom stereocenters. The van der Waals surface area contributed by atoms with Crippen LogP contribution in [0.25, 0.3) is 0 Å². The highest BCUT2D eigenvalue weighted by molar-refractivity contribution is 9.10. The van der Waals surface area contributed by atoms with Crippen molar-refractivity contribution in [1.29, 1.82) is 0 Å². The number of carboxylic acid groups (broad SMARTS) is 1. The van der Waals surface area contributed by atoms with E-state index in [1.165, 1.54) is 16.7 Å². The molecule has 9 heteroatoms. The Kier molecular flexibility index (Phi) is 5.74. The minimum atomic E-state index is -1.61. The quantitative estimate of drug-likeness (QED) is 0.681. The molecular formula is C18H24BrN3O5. The molecule has 1 fully saturated rings. The van der Waals surface area contributed by atoms with Gasteiger partial charge in [0.15, 0.2) is 5.54 Å². The average Bonchev–Trinajstić information content (AvgIpc) is 2.54. The topological polar surface area (TPSA) is 113 Å². The number of nitrogen functional groups attached to an aromatic ring is 1. The van der Waals surface area contributed by atoms with Crippen molar-refractivity contribution in [2.24, 2.45) is 0 Å². The third kappa shape index (κ3) is 4.52. The number of carbonyl (C=O) groups excluding carboxylic acids is 2. The minimum absolute atomic E-state index is 0.0484. The summed E-state index contributed by atoms with van der Waals surface area (Å²) in [6.45, 7) is 6.64. The summed E-state index contributed by atoms with van der Waals surface area (Å²) in [4.78, 5) is 39.9. The molecule has 1 aromatic carbocycles. The van der Waals surface area contributed by atoms with Crippen molar-refractivity contribution in [3.8, 4) is 0 Å². The van der Waals surface area contributed by atoms with Crippen molar-refractivity contribution in [3.63, 3.8) is 0 Å². The summed E-state index contributed by atoms with van der Waals surface area (Å²) >= 11 is 3.29. The second-order valence-electron chi connectivity index (χ2n) is 7.67. The molecule has 1 aliphatic heterocycles. The minimum Gasteiger partial charge on any atom is -0.479 e. The Balaban J connectivity index is 2.31. The predicted octanol–water partition coefficient (Wildman–Crippen LogP) is 2.57. The van der Waals surface area contributed by atoms with Crippen LogP contribution in [0.3, 0.4) is 0 Å². The highest BCUT2D eigenvalue weighted by Crippen LogP contribution is 2.28. The van der Waals surface area contributed by atoms with Gasteiger partial charge in [0.2, 0.25) is 0 Å². The number of aliphatic carboxylic acids is 1. The second-order valence-corrected chi connectivity index (χ2v) is 8.58. The summed E-state index contributed by atoms with van der Waals surface area (Å²) in [5.74, 6) is -1.71. The van der Waals surface area contributed by atoms with Crippen molar-refractivity contribution >= 4 is 39.6 Å². The van der Waals surface area contributed by atoms with Crippen LogP contribution in [0.1, 0.15) is 38.1 Å². The number of ether oxygens (including phenoxy) is 1. The summed E-state index contributed by atoms with van der Waals surface area (Å²) < 4.78 is 5.99. The molecule has 1 atom stereocenters. The molecule has 0 aliphatic carbocycles. The van der Waals surface area contributed by atoms with E-state index < -0.39 is 29.1 Å². The largest absolute Gasteiger partial charge is 0.479 e. The fourth-order valence-corrected chi connectivity index (χ4v) is 3.21. The number of nitrogens with zero attached hydrogens (tertiary/aromatic N) is 2. The lowest BCUT2D eigenvalue weighted by Crippen LogP contribution is -2.67. The van der Waals surface area contributed by atoms with Crippen molar-refractivity contribution in [2.45, 2.75) is 38.8 Å². The molecule has 0 spiro atoms.